The van der Waals surface area contributed by atoms with Crippen LogP contribution in [0.5, 0.6) is 0 Å². The van der Waals surface area contributed by atoms with Gasteiger partial charge >= 0.3 is 0 Å². The molecule has 3 nitrogen and oxygen atoms in total. The van der Waals surface area contributed by atoms with E-state index in [0.29, 0.717) is 22.2 Å². The molecule has 1 N–H and O–H groups in total. The highest BCUT2D eigenvalue weighted by Gasteiger charge is 2.65. The van der Waals surface area contributed by atoms with Gasteiger partial charge in [0.05, 0.1) is 0 Å². The van der Waals surface area contributed by atoms with Gasteiger partial charge in [-0.05, 0) is 152 Å². The summed E-state index contributed by atoms with van der Waals surface area (Å²) in [5, 5.41) is 10.3. The fourth-order valence-electron chi connectivity index (χ4n) is 11.9. The Morgan fingerprint density at radius 1 is 0.438 bits per heavy atom. The van der Waals surface area contributed by atoms with Gasteiger partial charge in [-0.1, -0.05) is 0 Å². The molecule has 0 aromatic carbocycles. The molecule has 0 spiro atoms. The van der Waals surface area contributed by atoms with E-state index >= 15 is 0 Å². The van der Waals surface area contributed by atoms with Crippen LogP contribution in [0, 0.1) is 29.1 Å². The molecule has 8 fully saturated rings. The summed E-state index contributed by atoms with van der Waals surface area (Å²) in [6, 6.07) is 0. The number of hydrogen-bond acceptors (Lipinski definition) is 1. The standard InChI is InChI=1S/C29H45N3/c30-25(31(26-9-1-21(17-26)2-10-26)27-11-3-22(18-27)4-12-27)32(28-13-5-23(19-28)6-14-28)29-15-7-24(20-29)8-16-29/h21-24,30H,1-20H2. The van der Waals surface area contributed by atoms with Gasteiger partial charge in [0.2, 0.25) is 0 Å². The molecule has 0 atom stereocenters. The minimum atomic E-state index is 0.347. The van der Waals surface area contributed by atoms with E-state index in [4.69, 9.17) is 0 Å². The minimum Gasteiger partial charge on any atom is -0.332 e. The normalized spacial score (nSPS) is 54.2. The summed E-state index contributed by atoms with van der Waals surface area (Å²) in [6.45, 7) is 0. The van der Waals surface area contributed by atoms with Crippen molar-refractivity contribution < 1.29 is 0 Å². The number of guanidine groups is 1. The molecular weight excluding hydrogens is 390 g/mol. The third kappa shape index (κ3) is 2.37. The molecule has 8 saturated carbocycles. The summed E-state index contributed by atoms with van der Waals surface area (Å²) in [7, 11) is 0. The summed E-state index contributed by atoms with van der Waals surface area (Å²) in [4.78, 5) is 5.95. The predicted molar refractivity (Wildman–Crippen MR) is 129 cm³/mol. The Labute approximate surface area is 195 Å². The molecule has 3 heteroatoms. The van der Waals surface area contributed by atoms with Crippen molar-refractivity contribution in [1.29, 1.82) is 5.41 Å². The van der Waals surface area contributed by atoms with Crippen molar-refractivity contribution in [2.75, 3.05) is 0 Å². The van der Waals surface area contributed by atoms with Crippen LogP contribution in [0.1, 0.15) is 128 Å². The van der Waals surface area contributed by atoms with Crippen molar-refractivity contribution in [3.05, 3.63) is 0 Å². The summed E-state index contributed by atoms with van der Waals surface area (Å²) in [5.41, 5.74) is 1.39. The van der Waals surface area contributed by atoms with Gasteiger partial charge in [-0.2, -0.15) is 0 Å². The van der Waals surface area contributed by atoms with Gasteiger partial charge in [-0.15, -0.1) is 0 Å². The third-order valence-electron chi connectivity index (χ3n) is 13.1. The minimum absolute atomic E-state index is 0.347. The molecule has 0 amide bonds. The summed E-state index contributed by atoms with van der Waals surface area (Å²) in [5.74, 6) is 4.95. The van der Waals surface area contributed by atoms with E-state index in [9.17, 15) is 5.41 Å². The van der Waals surface area contributed by atoms with Gasteiger partial charge in [-0.25, -0.2) is 0 Å². The average Bonchev–Trinajstić information content (AvgIpc) is 3.63. The second-order valence-corrected chi connectivity index (χ2v) is 14.5. The van der Waals surface area contributed by atoms with E-state index in [0.717, 1.165) is 29.6 Å². The lowest BCUT2D eigenvalue weighted by molar-refractivity contribution is -0.00988. The lowest BCUT2D eigenvalue weighted by Crippen LogP contribution is -2.70. The number of rotatable bonds is 4. The van der Waals surface area contributed by atoms with E-state index in [1.807, 2.05) is 0 Å². The Morgan fingerprint density at radius 2 is 0.656 bits per heavy atom. The number of hydrogen-bond donors (Lipinski definition) is 1. The lowest BCUT2D eigenvalue weighted by Gasteiger charge is -2.60. The fourth-order valence-corrected chi connectivity index (χ4v) is 11.9. The summed E-state index contributed by atoms with van der Waals surface area (Å²) in [6.07, 6.45) is 28.4. The van der Waals surface area contributed by atoms with Gasteiger partial charge in [0.15, 0.2) is 5.96 Å². The van der Waals surface area contributed by atoms with Crippen LogP contribution in [-0.4, -0.2) is 37.9 Å². The van der Waals surface area contributed by atoms with Crippen LogP contribution in [0.2, 0.25) is 0 Å². The van der Waals surface area contributed by atoms with Crippen LogP contribution in [0.4, 0.5) is 0 Å². The summed E-state index contributed by atoms with van der Waals surface area (Å²) < 4.78 is 0. The molecule has 32 heavy (non-hydrogen) atoms. The molecular formula is C29H45N3. The second-order valence-electron chi connectivity index (χ2n) is 14.5. The number of nitrogens with one attached hydrogen (secondary N) is 1. The second kappa shape index (κ2) is 6.28. The van der Waals surface area contributed by atoms with Crippen molar-refractivity contribution in [2.24, 2.45) is 23.7 Å². The molecule has 0 aromatic heterocycles. The zero-order valence-electron chi connectivity index (χ0n) is 20.3. The van der Waals surface area contributed by atoms with Crippen molar-refractivity contribution in [1.82, 2.24) is 9.80 Å². The molecule has 0 radical (unpaired) electrons. The predicted octanol–water partition coefficient (Wildman–Crippen LogP) is 6.86. The van der Waals surface area contributed by atoms with Gasteiger partial charge in [0.25, 0.3) is 0 Å². The van der Waals surface area contributed by atoms with Gasteiger partial charge in [-0.3, -0.25) is 5.41 Å². The maximum absolute atomic E-state index is 10.3. The number of fused-ring (bicyclic) bond motifs is 8. The average molecular weight is 436 g/mol. The highest BCUT2D eigenvalue weighted by atomic mass is 15.5. The summed E-state index contributed by atoms with van der Waals surface area (Å²) >= 11 is 0. The monoisotopic (exact) mass is 435 g/mol. The molecule has 0 heterocycles. The van der Waals surface area contributed by atoms with E-state index in [1.54, 1.807) is 0 Å². The smallest absolute Gasteiger partial charge is 0.195 e. The number of nitrogens with zero attached hydrogens (tertiary/aromatic N) is 2. The van der Waals surface area contributed by atoms with E-state index in [2.05, 4.69) is 9.80 Å². The van der Waals surface area contributed by atoms with Gasteiger partial charge in [0.1, 0.15) is 0 Å². The molecule has 8 rings (SSSR count). The topological polar surface area (TPSA) is 30.3 Å². The fraction of sp³-hybridized carbons (Fsp3) is 0.966. The van der Waals surface area contributed by atoms with Crippen LogP contribution in [-0.2, 0) is 0 Å². The first kappa shape index (κ1) is 19.6. The van der Waals surface area contributed by atoms with Crippen LogP contribution < -0.4 is 0 Å². The molecule has 8 aliphatic carbocycles. The molecule has 0 aromatic rings. The Hall–Kier alpha value is -0.730. The van der Waals surface area contributed by atoms with Crippen molar-refractivity contribution in [3.63, 3.8) is 0 Å². The van der Waals surface area contributed by atoms with Gasteiger partial charge < -0.3 is 9.80 Å². The lowest BCUT2D eigenvalue weighted by atomic mass is 9.80. The highest BCUT2D eigenvalue weighted by molar-refractivity contribution is 5.81. The van der Waals surface area contributed by atoms with E-state index < -0.39 is 0 Å². The van der Waals surface area contributed by atoms with Crippen molar-refractivity contribution in [2.45, 2.75) is 151 Å². The molecule has 0 aliphatic heterocycles. The first-order valence-electron chi connectivity index (χ1n) is 14.7. The Morgan fingerprint density at radius 3 is 0.812 bits per heavy atom. The van der Waals surface area contributed by atoms with Crippen LogP contribution in [0.15, 0.2) is 0 Å². The molecule has 8 aliphatic rings. The van der Waals surface area contributed by atoms with Crippen molar-refractivity contribution in [3.8, 4) is 0 Å². The quantitative estimate of drug-likeness (QED) is 0.386. The SMILES string of the molecule is N=C(N(C12CCC(CC1)C2)C12CCC(CC1)C2)N(C12CCC(CC1)C2)C12CCC(CC1)C2. The van der Waals surface area contributed by atoms with Crippen LogP contribution in [0.3, 0.4) is 0 Å². The Bertz CT molecular complexity index is 672. The maximum Gasteiger partial charge on any atom is 0.195 e. The molecule has 176 valence electrons. The molecule has 8 bridgehead atoms. The highest BCUT2D eigenvalue weighted by Crippen LogP contribution is 2.63. The third-order valence-corrected chi connectivity index (χ3v) is 13.1. The van der Waals surface area contributed by atoms with Gasteiger partial charge in [0, 0.05) is 22.2 Å². The zero-order valence-corrected chi connectivity index (χ0v) is 20.3. The molecule has 0 unspecified atom stereocenters. The molecule has 0 saturated heterocycles. The van der Waals surface area contributed by atoms with Crippen LogP contribution in [0.25, 0.3) is 0 Å². The van der Waals surface area contributed by atoms with Crippen molar-refractivity contribution >= 4 is 5.96 Å². The first-order valence-corrected chi connectivity index (χ1v) is 14.7. The Balaban J connectivity index is 1.26. The van der Waals surface area contributed by atoms with Crippen LogP contribution >= 0.6 is 0 Å². The maximum atomic E-state index is 10.3. The zero-order chi connectivity index (χ0) is 21.2. The van der Waals surface area contributed by atoms with E-state index in [-0.39, 0.29) is 0 Å². The largest absolute Gasteiger partial charge is 0.332 e. The first-order chi connectivity index (χ1) is 15.5. The van der Waals surface area contributed by atoms with E-state index in [1.165, 1.54) is 128 Å². The Kier molecular flexibility index (Phi) is 3.84.